The van der Waals surface area contributed by atoms with Gasteiger partial charge in [0.05, 0.1) is 17.3 Å². The summed E-state index contributed by atoms with van der Waals surface area (Å²) in [6, 6.07) is 1.92. The molecule has 1 N–H and O–H groups in total. The van der Waals surface area contributed by atoms with Crippen LogP contribution in [0.2, 0.25) is 5.02 Å². The van der Waals surface area contributed by atoms with Gasteiger partial charge in [-0.05, 0) is 13.3 Å². The Hall–Kier alpha value is -1.10. The summed E-state index contributed by atoms with van der Waals surface area (Å²) in [5.74, 6) is 0. The average Bonchev–Trinajstić information content (AvgIpc) is 2.58. The standard InChI is InChI=1S/C9H13ClN4O2S/c1-4-9(2,6-11)13-17(15,16)8-7(10)5-12-14(8)3/h5,13H,4H2,1-3H3. The van der Waals surface area contributed by atoms with Gasteiger partial charge in [-0.3, -0.25) is 4.68 Å². The van der Waals surface area contributed by atoms with Crippen LogP contribution in [-0.4, -0.2) is 23.7 Å². The van der Waals surface area contributed by atoms with Crippen LogP contribution >= 0.6 is 11.6 Å². The second-order valence-corrected chi connectivity index (χ2v) is 5.83. The molecule has 0 spiro atoms. The van der Waals surface area contributed by atoms with Crippen LogP contribution in [0.25, 0.3) is 0 Å². The van der Waals surface area contributed by atoms with E-state index in [4.69, 9.17) is 16.9 Å². The predicted molar refractivity (Wildman–Crippen MR) is 62.8 cm³/mol. The van der Waals surface area contributed by atoms with Crippen LogP contribution in [0.4, 0.5) is 0 Å². The Morgan fingerprint density at radius 3 is 2.65 bits per heavy atom. The fourth-order valence-electron chi connectivity index (χ4n) is 1.22. The lowest BCUT2D eigenvalue weighted by Gasteiger charge is -2.20. The highest BCUT2D eigenvalue weighted by atomic mass is 35.5. The summed E-state index contributed by atoms with van der Waals surface area (Å²) < 4.78 is 27.6. The number of sulfonamides is 1. The quantitative estimate of drug-likeness (QED) is 0.890. The third kappa shape index (κ3) is 2.77. The van der Waals surface area contributed by atoms with Gasteiger partial charge in [-0.15, -0.1) is 0 Å². The molecule has 1 unspecified atom stereocenters. The van der Waals surface area contributed by atoms with Crippen LogP contribution in [0.15, 0.2) is 11.2 Å². The number of nitrogens with zero attached hydrogens (tertiary/aromatic N) is 3. The van der Waals surface area contributed by atoms with Crippen LogP contribution in [0.3, 0.4) is 0 Å². The second kappa shape index (κ2) is 4.64. The van der Waals surface area contributed by atoms with E-state index in [-0.39, 0.29) is 10.0 Å². The van der Waals surface area contributed by atoms with Gasteiger partial charge in [-0.25, -0.2) is 8.42 Å². The van der Waals surface area contributed by atoms with E-state index in [1.165, 1.54) is 20.2 Å². The average molecular weight is 277 g/mol. The van der Waals surface area contributed by atoms with E-state index in [9.17, 15) is 8.42 Å². The Morgan fingerprint density at radius 1 is 1.71 bits per heavy atom. The number of hydrogen-bond donors (Lipinski definition) is 1. The molecule has 1 heterocycles. The van der Waals surface area contributed by atoms with Crippen LogP contribution in [0.1, 0.15) is 20.3 Å². The molecule has 17 heavy (non-hydrogen) atoms. The highest BCUT2D eigenvalue weighted by molar-refractivity contribution is 7.89. The molecule has 94 valence electrons. The van der Waals surface area contributed by atoms with Crippen molar-refractivity contribution in [3.63, 3.8) is 0 Å². The highest BCUT2D eigenvalue weighted by Gasteiger charge is 2.32. The maximum atomic E-state index is 12.1. The molecule has 6 nitrogen and oxygen atoms in total. The molecule has 1 aromatic rings. The number of aromatic nitrogens is 2. The van der Waals surface area contributed by atoms with Crippen LogP contribution in [-0.2, 0) is 17.1 Å². The first-order valence-electron chi connectivity index (χ1n) is 4.88. The molecule has 0 fully saturated rings. The molecule has 1 atom stereocenters. The zero-order chi connectivity index (χ0) is 13.3. The van der Waals surface area contributed by atoms with Crippen LogP contribution in [0.5, 0.6) is 0 Å². The van der Waals surface area contributed by atoms with Crippen molar-refractivity contribution < 1.29 is 8.42 Å². The molecule has 0 saturated heterocycles. The topological polar surface area (TPSA) is 87.8 Å². The first-order valence-corrected chi connectivity index (χ1v) is 6.74. The van der Waals surface area contributed by atoms with E-state index in [2.05, 4.69) is 9.82 Å². The molecule has 0 aliphatic carbocycles. The molecule has 0 saturated carbocycles. The van der Waals surface area contributed by atoms with Gasteiger partial charge >= 0.3 is 0 Å². The summed E-state index contributed by atoms with van der Waals surface area (Å²) >= 11 is 5.76. The molecule has 0 aliphatic rings. The van der Waals surface area contributed by atoms with Crippen LogP contribution in [0, 0.1) is 11.3 Å². The summed E-state index contributed by atoms with van der Waals surface area (Å²) in [5, 5.41) is 12.6. The van der Waals surface area contributed by atoms with Gasteiger partial charge in [-0.2, -0.15) is 15.1 Å². The number of halogens is 1. The first-order chi connectivity index (χ1) is 7.75. The monoisotopic (exact) mass is 276 g/mol. The fraction of sp³-hybridized carbons (Fsp3) is 0.556. The minimum Gasteiger partial charge on any atom is -0.255 e. The van der Waals surface area contributed by atoms with E-state index >= 15 is 0 Å². The Labute approximate surface area is 105 Å². The van der Waals surface area contributed by atoms with Gasteiger partial charge in [0.25, 0.3) is 10.0 Å². The molecule has 8 heteroatoms. The molecule has 0 radical (unpaired) electrons. The maximum Gasteiger partial charge on any atom is 0.260 e. The molecule has 1 rings (SSSR count). The summed E-state index contributed by atoms with van der Waals surface area (Å²) in [4.78, 5) is 0. The zero-order valence-corrected chi connectivity index (χ0v) is 11.3. The lowest BCUT2D eigenvalue weighted by atomic mass is 10.0. The predicted octanol–water partition coefficient (Wildman–Crippen LogP) is 1.04. The van der Waals surface area contributed by atoms with Gasteiger partial charge in [-0.1, -0.05) is 18.5 Å². The van der Waals surface area contributed by atoms with Gasteiger partial charge < -0.3 is 0 Å². The smallest absolute Gasteiger partial charge is 0.255 e. The third-order valence-corrected chi connectivity index (χ3v) is 4.51. The molecule has 0 aliphatic heterocycles. The molecular weight excluding hydrogens is 264 g/mol. The fourth-order valence-corrected chi connectivity index (χ4v) is 3.28. The Bertz CT molecular complexity index is 541. The lowest BCUT2D eigenvalue weighted by molar-refractivity contribution is 0.488. The Balaban J connectivity index is 3.20. The van der Waals surface area contributed by atoms with Gasteiger partial charge in [0.2, 0.25) is 0 Å². The minimum absolute atomic E-state index is 0.0244. The number of nitriles is 1. The van der Waals surface area contributed by atoms with Crippen molar-refractivity contribution in [1.29, 1.82) is 5.26 Å². The normalized spacial score (nSPS) is 15.2. The van der Waals surface area contributed by atoms with Crippen molar-refractivity contribution in [2.75, 3.05) is 0 Å². The zero-order valence-electron chi connectivity index (χ0n) is 9.73. The molecule has 0 aromatic carbocycles. The highest BCUT2D eigenvalue weighted by Crippen LogP contribution is 2.22. The van der Waals surface area contributed by atoms with E-state index < -0.39 is 15.6 Å². The van der Waals surface area contributed by atoms with Crippen molar-refractivity contribution in [3.8, 4) is 6.07 Å². The SMILES string of the molecule is CCC(C)(C#N)NS(=O)(=O)c1c(Cl)cnn1C. The molecule has 0 bridgehead atoms. The summed E-state index contributed by atoms with van der Waals surface area (Å²) in [6.45, 7) is 3.23. The number of rotatable bonds is 4. The minimum atomic E-state index is -3.86. The van der Waals surface area contributed by atoms with E-state index in [0.717, 1.165) is 4.68 Å². The van der Waals surface area contributed by atoms with E-state index in [1.54, 1.807) is 6.92 Å². The van der Waals surface area contributed by atoms with Crippen molar-refractivity contribution >= 4 is 21.6 Å². The molecular formula is C9H13ClN4O2S. The number of nitrogens with one attached hydrogen (secondary N) is 1. The van der Waals surface area contributed by atoms with Gasteiger partial charge in [0.15, 0.2) is 5.03 Å². The molecule has 1 aromatic heterocycles. The number of aryl methyl sites for hydroxylation is 1. The first kappa shape index (κ1) is 14.0. The van der Waals surface area contributed by atoms with Gasteiger partial charge in [0.1, 0.15) is 5.54 Å². The summed E-state index contributed by atoms with van der Waals surface area (Å²) in [5.41, 5.74) is -1.16. The molecule has 0 amide bonds. The van der Waals surface area contributed by atoms with Crippen LogP contribution < -0.4 is 4.72 Å². The third-order valence-electron chi connectivity index (χ3n) is 2.41. The van der Waals surface area contributed by atoms with Crippen molar-refractivity contribution in [3.05, 3.63) is 11.2 Å². The summed E-state index contributed by atoms with van der Waals surface area (Å²) in [7, 11) is -2.40. The van der Waals surface area contributed by atoms with Crippen molar-refractivity contribution in [1.82, 2.24) is 14.5 Å². The van der Waals surface area contributed by atoms with E-state index in [0.29, 0.717) is 6.42 Å². The lowest BCUT2D eigenvalue weighted by Crippen LogP contribution is -2.44. The second-order valence-electron chi connectivity index (χ2n) is 3.82. The Morgan fingerprint density at radius 2 is 2.29 bits per heavy atom. The largest absolute Gasteiger partial charge is 0.260 e. The summed E-state index contributed by atoms with van der Waals surface area (Å²) in [6.07, 6.45) is 1.59. The van der Waals surface area contributed by atoms with Crippen molar-refractivity contribution in [2.24, 2.45) is 7.05 Å². The van der Waals surface area contributed by atoms with Gasteiger partial charge in [0, 0.05) is 7.05 Å². The van der Waals surface area contributed by atoms with Crippen molar-refractivity contribution in [2.45, 2.75) is 30.8 Å². The number of hydrogen-bond acceptors (Lipinski definition) is 4. The Kier molecular flexibility index (Phi) is 3.81. The van der Waals surface area contributed by atoms with E-state index in [1.807, 2.05) is 6.07 Å². The maximum absolute atomic E-state index is 12.1.